The van der Waals surface area contributed by atoms with E-state index >= 15 is 0 Å². The summed E-state index contributed by atoms with van der Waals surface area (Å²) in [6, 6.07) is 6.72. The Morgan fingerprint density at radius 1 is 1.46 bits per heavy atom. The fraction of sp³-hybridized carbons (Fsp3) is 0.300. The predicted octanol–water partition coefficient (Wildman–Crippen LogP) is 3.10. The van der Waals surface area contributed by atoms with Crippen molar-refractivity contribution >= 4 is 16.8 Å². The van der Waals surface area contributed by atoms with Gasteiger partial charge < -0.3 is 0 Å². The Hall–Kier alpha value is -0.830. The van der Waals surface area contributed by atoms with Gasteiger partial charge in [0.15, 0.2) is 0 Å². The third-order valence-electron chi connectivity index (χ3n) is 1.83. The highest BCUT2D eigenvalue weighted by atomic mass is 32.2. The lowest BCUT2D eigenvalue weighted by molar-refractivity contribution is 0.610. The van der Waals surface area contributed by atoms with Gasteiger partial charge in [0.2, 0.25) is 0 Å². The van der Waals surface area contributed by atoms with Crippen LogP contribution in [0.4, 0.5) is 4.39 Å². The van der Waals surface area contributed by atoms with Crippen LogP contribution in [-0.4, -0.2) is 11.3 Å². The number of aryl methyl sites for hydroxylation is 1. The first-order valence-electron chi connectivity index (χ1n) is 4.09. The lowest BCUT2D eigenvalue weighted by Crippen LogP contribution is -1.95. The molecule has 0 saturated carbocycles. The van der Waals surface area contributed by atoms with Crippen LogP contribution in [0, 0.1) is 11.2 Å². The molecule has 1 aromatic rings. The smallest absolute Gasteiger partial charge is 0.126 e. The number of hydrogen-bond donors (Lipinski definition) is 1. The minimum atomic E-state index is -0.170. The van der Waals surface area contributed by atoms with Crippen LogP contribution in [-0.2, 0) is 6.42 Å². The number of thioether (sulfide) groups is 1. The Kier molecular flexibility index (Phi) is 3.96. The fourth-order valence-electron chi connectivity index (χ4n) is 1.05. The summed E-state index contributed by atoms with van der Waals surface area (Å²) >= 11 is 1.41. The first-order valence-corrected chi connectivity index (χ1v) is 5.31. The van der Waals surface area contributed by atoms with Gasteiger partial charge in [0, 0.05) is 0 Å². The molecule has 0 bridgehead atoms. The van der Waals surface area contributed by atoms with Crippen LogP contribution in [0.2, 0.25) is 0 Å². The molecule has 70 valence electrons. The lowest BCUT2D eigenvalue weighted by atomic mass is 10.1. The van der Waals surface area contributed by atoms with Gasteiger partial charge in [-0.3, -0.25) is 5.41 Å². The summed E-state index contributed by atoms with van der Waals surface area (Å²) in [4.78, 5) is 0. The number of halogens is 1. The average molecular weight is 197 g/mol. The molecule has 0 radical (unpaired) electrons. The maximum Gasteiger partial charge on any atom is 0.126 e. The topological polar surface area (TPSA) is 23.9 Å². The summed E-state index contributed by atoms with van der Waals surface area (Å²) in [5.41, 5.74) is 0.696. The van der Waals surface area contributed by atoms with Crippen molar-refractivity contribution in [3.05, 3.63) is 35.6 Å². The van der Waals surface area contributed by atoms with Crippen molar-refractivity contribution in [2.75, 3.05) is 6.26 Å². The van der Waals surface area contributed by atoms with E-state index in [-0.39, 0.29) is 5.82 Å². The van der Waals surface area contributed by atoms with Crippen LogP contribution in [0.25, 0.3) is 0 Å². The van der Waals surface area contributed by atoms with Gasteiger partial charge in [-0.05, 0) is 30.7 Å². The van der Waals surface area contributed by atoms with Crippen LogP contribution in [0.5, 0.6) is 0 Å². The highest BCUT2D eigenvalue weighted by molar-refractivity contribution is 8.13. The number of benzene rings is 1. The molecule has 0 saturated heterocycles. The maximum absolute atomic E-state index is 13.1. The van der Waals surface area contributed by atoms with Crippen LogP contribution in [0.15, 0.2) is 24.3 Å². The molecular weight excluding hydrogens is 185 g/mol. The highest BCUT2D eigenvalue weighted by Gasteiger charge is 2.01. The molecule has 0 aliphatic heterocycles. The molecule has 1 N–H and O–H groups in total. The number of rotatable bonds is 3. The molecule has 0 aliphatic carbocycles. The molecule has 3 heteroatoms. The van der Waals surface area contributed by atoms with E-state index in [0.29, 0.717) is 23.4 Å². The van der Waals surface area contributed by atoms with Gasteiger partial charge in [0.05, 0.1) is 5.04 Å². The second kappa shape index (κ2) is 5.02. The molecule has 0 aromatic heterocycles. The minimum absolute atomic E-state index is 0.170. The molecule has 0 aliphatic rings. The van der Waals surface area contributed by atoms with Gasteiger partial charge in [-0.25, -0.2) is 4.39 Å². The Balaban J connectivity index is 2.54. The van der Waals surface area contributed by atoms with Crippen molar-refractivity contribution in [3.8, 4) is 0 Å². The van der Waals surface area contributed by atoms with Gasteiger partial charge in [0.25, 0.3) is 0 Å². The number of nitrogens with one attached hydrogen (secondary N) is 1. The van der Waals surface area contributed by atoms with Crippen molar-refractivity contribution < 1.29 is 4.39 Å². The third-order valence-corrected chi connectivity index (χ3v) is 2.52. The molecule has 1 rings (SSSR count). The Labute approximate surface area is 81.9 Å². The standard InChI is InChI=1S/C10H12FNS/c1-13-10(12)7-6-8-4-2-3-5-9(8)11/h2-5,12H,6-7H2,1H3. The van der Waals surface area contributed by atoms with Crippen molar-refractivity contribution in [1.82, 2.24) is 0 Å². The van der Waals surface area contributed by atoms with E-state index in [0.717, 1.165) is 0 Å². The van der Waals surface area contributed by atoms with Crippen LogP contribution in [0.3, 0.4) is 0 Å². The van der Waals surface area contributed by atoms with Crippen molar-refractivity contribution in [1.29, 1.82) is 5.41 Å². The summed E-state index contributed by atoms with van der Waals surface area (Å²) in [5.74, 6) is -0.170. The van der Waals surface area contributed by atoms with Gasteiger partial charge in [-0.15, -0.1) is 11.8 Å². The van der Waals surface area contributed by atoms with Gasteiger partial charge in [0.1, 0.15) is 5.82 Å². The summed E-state index contributed by atoms with van der Waals surface area (Å²) in [6.45, 7) is 0. The second-order valence-electron chi connectivity index (χ2n) is 2.72. The van der Waals surface area contributed by atoms with Crippen LogP contribution in [0.1, 0.15) is 12.0 Å². The molecule has 0 unspecified atom stereocenters. The SMILES string of the molecule is CSC(=N)CCc1ccccc1F. The third kappa shape index (κ3) is 3.19. The molecule has 0 fully saturated rings. The Morgan fingerprint density at radius 3 is 2.77 bits per heavy atom. The summed E-state index contributed by atoms with van der Waals surface area (Å²) in [7, 11) is 0. The van der Waals surface area contributed by atoms with E-state index < -0.39 is 0 Å². The van der Waals surface area contributed by atoms with Gasteiger partial charge >= 0.3 is 0 Å². The normalized spacial score (nSPS) is 10.0. The Morgan fingerprint density at radius 2 is 2.15 bits per heavy atom. The largest absolute Gasteiger partial charge is 0.298 e. The minimum Gasteiger partial charge on any atom is -0.298 e. The Bertz CT molecular complexity index is 299. The van der Waals surface area contributed by atoms with E-state index in [1.54, 1.807) is 12.1 Å². The zero-order chi connectivity index (χ0) is 9.68. The van der Waals surface area contributed by atoms with Crippen LogP contribution >= 0.6 is 11.8 Å². The summed E-state index contributed by atoms with van der Waals surface area (Å²) in [5, 5.41) is 8.00. The number of hydrogen-bond acceptors (Lipinski definition) is 2. The van der Waals surface area contributed by atoms with Crippen molar-refractivity contribution in [2.24, 2.45) is 0 Å². The van der Waals surface area contributed by atoms with E-state index in [9.17, 15) is 4.39 Å². The monoisotopic (exact) mass is 197 g/mol. The second-order valence-corrected chi connectivity index (χ2v) is 3.62. The predicted molar refractivity (Wildman–Crippen MR) is 56.0 cm³/mol. The molecule has 1 aromatic carbocycles. The summed E-state index contributed by atoms with van der Waals surface area (Å²) < 4.78 is 13.1. The molecule has 0 atom stereocenters. The average Bonchev–Trinajstić information content (AvgIpc) is 2.16. The molecule has 0 amide bonds. The molecule has 0 heterocycles. The maximum atomic E-state index is 13.1. The van der Waals surface area contributed by atoms with Crippen molar-refractivity contribution in [3.63, 3.8) is 0 Å². The summed E-state index contributed by atoms with van der Waals surface area (Å²) in [6.07, 6.45) is 3.11. The zero-order valence-corrected chi connectivity index (χ0v) is 8.33. The molecule has 0 spiro atoms. The molecular formula is C10H12FNS. The van der Waals surface area contributed by atoms with E-state index in [1.165, 1.54) is 17.8 Å². The fourth-order valence-corrected chi connectivity index (χ4v) is 1.36. The highest BCUT2D eigenvalue weighted by Crippen LogP contribution is 2.11. The first kappa shape index (κ1) is 10.3. The van der Waals surface area contributed by atoms with Gasteiger partial charge in [-0.1, -0.05) is 18.2 Å². The van der Waals surface area contributed by atoms with E-state index in [1.807, 2.05) is 12.3 Å². The van der Waals surface area contributed by atoms with Crippen LogP contribution < -0.4 is 0 Å². The van der Waals surface area contributed by atoms with Gasteiger partial charge in [-0.2, -0.15) is 0 Å². The lowest BCUT2D eigenvalue weighted by Gasteiger charge is -2.02. The van der Waals surface area contributed by atoms with E-state index in [4.69, 9.17) is 5.41 Å². The quantitative estimate of drug-likeness (QED) is 0.584. The zero-order valence-electron chi connectivity index (χ0n) is 7.51. The van der Waals surface area contributed by atoms with Crippen molar-refractivity contribution in [2.45, 2.75) is 12.8 Å². The van der Waals surface area contributed by atoms with E-state index in [2.05, 4.69) is 0 Å². The first-order chi connectivity index (χ1) is 6.24. The molecule has 13 heavy (non-hydrogen) atoms. The molecule has 1 nitrogen and oxygen atoms in total.